The van der Waals surface area contributed by atoms with Gasteiger partial charge in [0.25, 0.3) is 5.91 Å². The van der Waals surface area contributed by atoms with E-state index in [1.54, 1.807) is 11.9 Å². The second kappa shape index (κ2) is 9.23. The van der Waals surface area contributed by atoms with Gasteiger partial charge in [0.2, 0.25) is 0 Å². The molecule has 2 fully saturated rings. The summed E-state index contributed by atoms with van der Waals surface area (Å²) >= 11 is 0. The molecule has 0 unspecified atom stereocenters. The van der Waals surface area contributed by atoms with Crippen molar-refractivity contribution < 1.29 is 14.3 Å². The average Bonchev–Trinajstić information content (AvgIpc) is 3.38. The van der Waals surface area contributed by atoms with E-state index in [2.05, 4.69) is 4.98 Å². The minimum atomic E-state index is -0.509. The van der Waals surface area contributed by atoms with Crippen LogP contribution >= 0.6 is 0 Å². The summed E-state index contributed by atoms with van der Waals surface area (Å²) in [5.74, 6) is 0.330. The molecular formula is C25H36N4O4. The van der Waals surface area contributed by atoms with Crippen molar-refractivity contribution in [2.24, 2.45) is 5.92 Å². The van der Waals surface area contributed by atoms with Gasteiger partial charge in [-0.2, -0.15) is 0 Å². The summed E-state index contributed by atoms with van der Waals surface area (Å²) in [5, 5.41) is 0. The molecule has 4 rings (SSSR count). The molecule has 0 bridgehead atoms. The molecule has 0 atom stereocenters. The third kappa shape index (κ3) is 5.25. The summed E-state index contributed by atoms with van der Waals surface area (Å²) in [5.41, 5.74) is 1.62. The first kappa shape index (κ1) is 23.4. The van der Waals surface area contributed by atoms with Crippen LogP contribution in [0.4, 0.5) is 4.79 Å². The molecular weight excluding hydrogens is 420 g/mol. The van der Waals surface area contributed by atoms with Crippen molar-refractivity contribution in [1.82, 2.24) is 19.4 Å². The van der Waals surface area contributed by atoms with Crippen LogP contribution in [0.1, 0.15) is 75.7 Å². The third-order valence-corrected chi connectivity index (χ3v) is 6.79. The van der Waals surface area contributed by atoms with E-state index in [-0.39, 0.29) is 23.7 Å². The minimum absolute atomic E-state index is 0.00897. The molecule has 1 N–H and O–H groups in total. The monoisotopic (exact) mass is 456 g/mol. The van der Waals surface area contributed by atoms with Crippen molar-refractivity contribution in [3.8, 4) is 0 Å². The van der Waals surface area contributed by atoms with E-state index in [9.17, 15) is 14.4 Å². The number of benzene rings is 1. The summed E-state index contributed by atoms with van der Waals surface area (Å²) in [6.07, 6.45) is 5.75. The lowest BCUT2D eigenvalue weighted by Gasteiger charge is -2.34. The van der Waals surface area contributed by atoms with Gasteiger partial charge in [0, 0.05) is 38.3 Å². The van der Waals surface area contributed by atoms with Gasteiger partial charge in [0.05, 0.1) is 11.0 Å². The van der Waals surface area contributed by atoms with Gasteiger partial charge in [0.15, 0.2) is 0 Å². The van der Waals surface area contributed by atoms with Crippen LogP contribution in [0.15, 0.2) is 23.0 Å². The molecule has 1 saturated heterocycles. The zero-order valence-corrected chi connectivity index (χ0v) is 20.2. The smallest absolute Gasteiger partial charge is 0.410 e. The fraction of sp³-hybridized carbons (Fsp3) is 0.640. The number of piperidine rings is 1. The molecule has 8 heteroatoms. The molecule has 0 radical (unpaired) electrons. The highest BCUT2D eigenvalue weighted by atomic mass is 16.6. The Balaban J connectivity index is 1.37. The van der Waals surface area contributed by atoms with Gasteiger partial charge in [-0.05, 0) is 70.6 Å². The van der Waals surface area contributed by atoms with E-state index in [0.29, 0.717) is 31.1 Å². The standard InChI is InChI=1S/C25H36N4O4/c1-25(2,3)33-24(32)27(4)16-17-11-13-28(14-12-17)22(30)18-9-10-21-20(15-18)26-23(31)29(21)19-7-5-6-8-19/h9-10,15,17,19H,5-8,11-14,16H2,1-4H3,(H,26,31). The molecule has 1 aliphatic heterocycles. The van der Waals surface area contributed by atoms with Crippen LogP contribution in [0, 0.1) is 5.92 Å². The average molecular weight is 457 g/mol. The number of carbonyl (C=O) groups excluding carboxylic acids is 2. The largest absolute Gasteiger partial charge is 0.444 e. The van der Waals surface area contributed by atoms with E-state index in [1.807, 2.05) is 48.4 Å². The molecule has 8 nitrogen and oxygen atoms in total. The van der Waals surface area contributed by atoms with Gasteiger partial charge < -0.3 is 19.5 Å². The van der Waals surface area contributed by atoms with Crippen molar-refractivity contribution in [1.29, 1.82) is 0 Å². The number of aromatic nitrogens is 2. The van der Waals surface area contributed by atoms with Gasteiger partial charge in [-0.25, -0.2) is 9.59 Å². The highest BCUT2D eigenvalue weighted by Crippen LogP contribution is 2.31. The Morgan fingerprint density at radius 1 is 1.12 bits per heavy atom. The number of rotatable bonds is 4. The van der Waals surface area contributed by atoms with Crippen LogP contribution in [-0.4, -0.2) is 63.6 Å². The molecule has 33 heavy (non-hydrogen) atoms. The Labute approximate surface area is 194 Å². The fourth-order valence-corrected chi connectivity index (χ4v) is 5.09. The summed E-state index contributed by atoms with van der Waals surface area (Å²) in [6, 6.07) is 5.81. The van der Waals surface area contributed by atoms with Crippen LogP contribution in [0.2, 0.25) is 0 Å². The van der Waals surface area contributed by atoms with Gasteiger partial charge in [-0.15, -0.1) is 0 Å². The van der Waals surface area contributed by atoms with Crippen LogP contribution in [-0.2, 0) is 4.74 Å². The first-order chi connectivity index (χ1) is 15.6. The molecule has 180 valence electrons. The SMILES string of the molecule is CN(CC1CCN(C(=O)c2ccc3c(c2)[nH]c(=O)n3C2CCCC2)CC1)C(=O)OC(C)(C)C. The molecule has 1 aromatic carbocycles. The number of ether oxygens (including phenoxy) is 1. The summed E-state index contributed by atoms with van der Waals surface area (Å²) < 4.78 is 7.30. The van der Waals surface area contributed by atoms with Gasteiger partial charge >= 0.3 is 11.8 Å². The lowest BCUT2D eigenvalue weighted by atomic mass is 9.96. The Hall–Kier alpha value is -2.77. The molecule has 1 saturated carbocycles. The maximum Gasteiger partial charge on any atom is 0.410 e. The topological polar surface area (TPSA) is 87.6 Å². The minimum Gasteiger partial charge on any atom is -0.444 e. The summed E-state index contributed by atoms with van der Waals surface area (Å²) in [7, 11) is 1.76. The summed E-state index contributed by atoms with van der Waals surface area (Å²) in [6.45, 7) is 7.52. The van der Waals surface area contributed by atoms with Crippen molar-refractivity contribution >= 4 is 23.0 Å². The van der Waals surface area contributed by atoms with Gasteiger partial charge in [0.1, 0.15) is 5.60 Å². The van der Waals surface area contributed by atoms with E-state index in [0.717, 1.165) is 49.6 Å². The Kier molecular flexibility index (Phi) is 6.54. The van der Waals surface area contributed by atoms with Gasteiger partial charge in [-0.3, -0.25) is 9.36 Å². The Morgan fingerprint density at radius 2 is 1.79 bits per heavy atom. The number of nitrogens with zero attached hydrogens (tertiary/aromatic N) is 3. The van der Waals surface area contributed by atoms with Gasteiger partial charge in [-0.1, -0.05) is 12.8 Å². The molecule has 1 aliphatic carbocycles. The maximum atomic E-state index is 13.1. The number of carbonyl (C=O) groups is 2. The number of fused-ring (bicyclic) bond motifs is 1. The molecule has 0 spiro atoms. The molecule has 2 amide bonds. The molecule has 2 aromatic rings. The second-order valence-electron chi connectivity index (χ2n) is 10.6. The normalized spacial score (nSPS) is 18.1. The van der Waals surface area contributed by atoms with E-state index >= 15 is 0 Å². The van der Waals surface area contributed by atoms with Crippen LogP contribution in [0.5, 0.6) is 0 Å². The third-order valence-electron chi connectivity index (χ3n) is 6.79. The predicted octanol–water partition coefficient (Wildman–Crippen LogP) is 4.16. The molecule has 1 aromatic heterocycles. The second-order valence-corrected chi connectivity index (χ2v) is 10.6. The highest BCUT2D eigenvalue weighted by Gasteiger charge is 2.28. The van der Waals surface area contributed by atoms with Crippen LogP contribution in [0.3, 0.4) is 0 Å². The molecule has 2 heterocycles. The zero-order valence-electron chi connectivity index (χ0n) is 20.2. The number of imidazole rings is 1. The van der Waals surface area contributed by atoms with E-state index in [1.165, 1.54) is 0 Å². The number of amides is 2. The molecule has 2 aliphatic rings. The van der Waals surface area contributed by atoms with Crippen LogP contribution < -0.4 is 5.69 Å². The number of H-pyrrole nitrogens is 1. The first-order valence-corrected chi connectivity index (χ1v) is 12.1. The van der Waals surface area contributed by atoms with Crippen molar-refractivity contribution in [2.75, 3.05) is 26.7 Å². The van der Waals surface area contributed by atoms with E-state index < -0.39 is 5.60 Å². The Morgan fingerprint density at radius 3 is 2.42 bits per heavy atom. The lowest BCUT2D eigenvalue weighted by Crippen LogP contribution is -2.43. The maximum absolute atomic E-state index is 13.1. The summed E-state index contributed by atoms with van der Waals surface area (Å²) in [4.78, 5) is 44.3. The van der Waals surface area contributed by atoms with Crippen molar-refractivity contribution in [2.45, 2.75) is 70.9 Å². The number of hydrogen-bond acceptors (Lipinski definition) is 4. The number of hydrogen-bond donors (Lipinski definition) is 1. The highest BCUT2D eigenvalue weighted by molar-refractivity contribution is 5.97. The van der Waals surface area contributed by atoms with Crippen molar-refractivity contribution in [3.05, 3.63) is 34.2 Å². The van der Waals surface area contributed by atoms with Crippen molar-refractivity contribution in [3.63, 3.8) is 0 Å². The zero-order chi connectivity index (χ0) is 23.8. The van der Waals surface area contributed by atoms with E-state index in [4.69, 9.17) is 4.74 Å². The van der Waals surface area contributed by atoms with Crippen LogP contribution in [0.25, 0.3) is 11.0 Å². The fourth-order valence-electron chi connectivity index (χ4n) is 5.09. The number of nitrogens with one attached hydrogen (secondary N) is 1. The number of likely N-dealkylation sites (tertiary alicyclic amines) is 1. The lowest BCUT2D eigenvalue weighted by molar-refractivity contribution is 0.0246. The Bertz CT molecular complexity index is 1070. The predicted molar refractivity (Wildman–Crippen MR) is 128 cm³/mol. The number of aromatic amines is 1. The first-order valence-electron chi connectivity index (χ1n) is 12.1. The quantitative estimate of drug-likeness (QED) is 0.748.